The number of allylic oxidation sites excluding steroid dienone is 8. The van der Waals surface area contributed by atoms with Gasteiger partial charge in [0.2, 0.25) is 17.5 Å². The van der Waals surface area contributed by atoms with Crippen LogP contribution in [0.1, 0.15) is 132 Å². The maximum absolute atomic E-state index is 13.0. The van der Waals surface area contributed by atoms with Gasteiger partial charge in [0.15, 0.2) is 5.71 Å². The highest BCUT2D eigenvalue weighted by Crippen LogP contribution is 2.49. The molecular formula is C60H74N8O17S4. The van der Waals surface area contributed by atoms with E-state index in [4.69, 9.17) is 0 Å². The summed E-state index contributed by atoms with van der Waals surface area (Å²) in [6, 6.07) is 16.4. The molecule has 0 unspecified atom stereocenters. The number of unbranched alkanes of at least 4 members (excludes halogenated alkanes) is 3. The fourth-order valence-electron chi connectivity index (χ4n) is 11.9. The normalized spacial score (nSPS) is 18.9. The van der Waals surface area contributed by atoms with E-state index in [-0.39, 0.29) is 51.7 Å². The molecule has 4 aromatic rings. The first-order chi connectivity index (χ1) is 41.6. The molecule has 1 aliphatic carbocycles. The minimum absolute atomic E-state index is 0.0120. The van der Waals surface area contributed by atoms with Crippen LogP contribution in [0.15, 0.2) is 140 Å². The van der Waals surface area contributed by atoms with Crippen molar-refractivity contribution in [1.82, 2.24) is 25.9 Å². The van der Waals surface area contributed by atoms with Crippen LogP contribution in [0.4, 0.5) is 17.2 Å². The van der Waals surface area contributed by atoms with Gasteiger partial charge >= 0.3 is 0 Å². The number of amides is 3. The first-order valence-electron chi connectivity index (χ1n) is 28.9. The number of hydrogen-bond acceptors (Lipinski definition) is 18. The van der Waals surface area contributed by atoms with Gasteiger partial charge < -0.3 is 19.7 Å². The highest BCUT2D eigenvalue weighted by molar-refractivity contribution is 7.86. The summed E-state index contributed by atoms with van der Waals surface area (Å²) >= 11 is 0. The van der Waals surface area contributed by atoms with E-state index in [2.05, 4.69) is 25.7 Å². The summed E-state index contributed by atoms with van der Waals surface area (Å²) in [7, 11) is -18.2. The standard InChI is InChI=1S/C60H74N8O17S4/c1-39(58(71)67-33-12-16-56(67)68(72)73)62-57(70)43-21-30-54(61-38-43)63-64-55(69)15-7-6-8-31-65-50-26-24-45(88(80,81)82)36-48(50)59(2,3)52(65)28-19-41-13-11-14-42(47(41)35-40-17-22-44(23-18-40)87(77,78)79)20-29-53-60(4,5)49-37-46(89(83,84)85)25-27-51(49)66(53)32-9-10-34-86(74,75)76/h17-30,36-39,56,72-73H,6-16,31-35H2,1-5H3,(H6-,61,62,63,64,69,70,74,75,76,77,78,79,80,81,82,83,84,85)/t39-,56-/m1/s1. The average Bonchev–Trinajstić information content (AvgIpc) is 1.84. The van der Waals surface area contributed by atoms with Crippen molar-refractivity contribution < 1.29 is 81.3 Å². The van der Waals surface area contributed by atoms with Gasteiger partial charge in [-0.25, -0.2) is 13.4 Å². The number of hydrazine groups is 1. The molecular weight excluding hydrogens is 1230 g/mol. The summed E-state index contributed by atoms with van der Waals surface area (Å²) in [6.45, 7) is 10.2. The smallest absolute Gasteiger partial charge is 0.294 e. The topological polar surface area (TPSA) is 374 Å². The zero-order valence-electron chi connectivity index (χ0n) is 49.8. The molecule has 8 rings (SSSR count). The van der Waals surface area contributed by atoms with Crippen molar-refractivity contribution in [1.29, 1.82) is 0 Å². The minimum Gasteiger partial charge on any atom is -0.744 e. The fraction of sp³-hybridized carbons (Fsp3) is 0.417. The number of anilines is 2. The van der Waals surface area contributed by atoms with E-state index in [1.807, 2.05) is 56.9 Å². The highest BCUT2D eigenvalue weighted by Gasteiger charge is 2.45. The number of carbonyl (C=O) groups excluding carboxylic acids is 3. The second-order valence-corrected chi connectivity index (χ2v) is 29.3. The lowest BCUT2D eigenvalue weighted by molar-refractivity contribution is -0.438. The molecule has 2 atom stereocenters. The third-order valence-electron chi connectivity index (χ3n) is 16.6. The molecule has 4 heterocycles. The van der Waals surface area contributed by atoms with Crippen molar-refractivity contribution in [3.63, 3.8) is 0 Å². The van der Waals surface area contributed by atoms with Crippen molar-refractivity contribution in [3.05, 3.63) is 148 Å². The molecule has 1 aromatic heterocycles. The van der Waals surface area contributed by atoms with E-state index in [0.29, 0.717) is 99.8 Å². The van der Waals surface area contributed by atoms with Crippen molar-refractivity contribution >= 4 is 81.1 Å². The lowest BCUT2D eigenvalue weighted by atomic mass is 9.80. The molecule has 0 spiro atoms. The number of rotatable bonds is 25. The average molecular weight is 1310 g/mol. The summed E-state index contributed by atoms with van der Waals surface area (Å²) in [5.74, 6) is -1.64. The third-order valence-corrected chi connectivity index (χ3v) is 20.0. The van der Waals surface area contributed by atoms with Gasteiger partial charge in [0.05, 0.1) is 31.4 Å². The Hall–Kier alpha value is -7.03. The Morgan fingerprint density at radius 2 is 1.47 bits per heavy atom. The molecule has 3 aliphatic heterocycles. The molecule has 0 bridgehead atoms. The number of nitrogens with one attached hydrogen (secondary N) is 3. The quantitative estimate of drug-likeness (QED) is 0.0140. The minimum atomic E-state index is -4.84. The Morgan fingerprint density at radius 3 is 2.12 bits per heavy atom. The van der Waals surface area contributed by atoms with Gasteiger partial charge in [-0.3, -0.25) is 49.3 Å². The predicted octanol–water partition coefficient (Wildman–Crippen LogP) is 7.26. The molecule has 0 radical (unpaired) electrons. The molecule has 0 saturated carbocycles. The zero-order valence-corrected chi connectivity index (χ0v) is 53.1. The Bertz CT molecular complexity index is 4030. The number of benzene rings is 3. The Kier molecular flexibility index (Phi) is 20.8. The molecule has 3 aromatic carbocycles. The molecule has 8 N–H and O–H groups in total. The third kappa shape index (κ3) is 16.3. The maximum Gasteiger partial charge on any atom is 0.294 e. The van der Waals surface area contributed by atoms with Crippen molar-refractivity contribution in [2.75, 3.05) is 35.7 Å². The molecule has 29 heteroatoms. The van der Waals surface area contributed by atoms with Crippen molar-refractivity contribution in [2.45, 2.75) is 149 Å². The first kappa shape index (κ1) is 67.9. The summed E-state index contributed by atoms with van der Waals surface area (Å²) in [5, 5.41) is 21.6. The Balaban J connectivity index is 1.03. The van der Waals surface area contributed by atoms with Gasteiger partial charge in [0.25, 0.3) is 36.3 Å². The van der Waals surface area contributed by atoms with Crippen LogP contribution in [0, 0.1) is 0 Å². The summed E-state index contributed by atoms with van der Waals surface area (Å²) in [5.41, 5.74) is 11.3. The number of aromatic nitrogens is 1. The number of hydroxylamine groups is 2. The van der Waals surface area contributed by atoms with Crippen LogP contribution >= 0.6 is 0 Å². The van der Waals surface area contributed by atoms with E-state index in [0.717, 1.165) is 33.7 Å². The molecule has 1 fully saturated rings. The summed E-state index contributed by atoms with van der Waals surface area (Å²) in [6.07, 6.45) is 13.6. The number of fused-ring (bicyclic) bond motifs is 2. The Labute approximate surface area is 518 Å². The lowest BCUT2D eigenvalue weighted by Gasteiger charge is -2.29. The largest absolute Gasteiger partial charge is 0.744 e. The van der Waals surface area contributed by atoms with E-state index >= 15 is 0 Å². The lowest BCUT2D eigenvalue weighted by Crippen LogP contribution is -2.52. The van der Waals surface area contributed by atoms with E-state index in [9.17, 15) is 76.7 Å². The van der Waals surface area contributed by atoms with Gasteiger partial charge in [-0.15, -0.1) is 0 Å². The fourth-order valence-corrected chi connectivity index (χ4v) is 14.0. The van der Waals surface area contributed by atoms with Crippen LogP contribution in [0.5, 0.6) is 0 Å². The number of hydrogen-bond donors (Lipinski definition) is 8. The van der Waals surface area contributed by atoms with Gasteiger partial charge in [-0.1, -0.05) is 38.1 Å². The number of likely N-dealkylation sites (tertiary alicyclic amines) is 1. The summed E-state index contributed by atoms with van der Waals surface area (Å²) < 4.78 is 141. The highest BCUT2D eigenvalue weighted by atomic mass is 32.2. The van der Waals surface area contributed by atoms with Gasteiger partial charge in [-0.2, -0.15) is 29.8 Å². The number of carbonyl (C=O) groups is 3. The van der Waals surface area contributed by atoms with Gasteiger partial charge in [0, 0.05) is 66.6 Å². The predicted molar refractivity (Wildman–Crippen MR) is 327 cm³/mol. The van der Waals surface area contributed by atoms with Crippen LogP contribution in [0.3, 0.4) is 0 Å². The number of pyridine rings is 1. The van der Waals surface area contributed by atoms with E-state index in [1.165, 1.54) is 66.6 Å². The van der Waals surface area contributed by atoms with E-state index in [1.54, 1.807) is 24.3 Å². The molecule has 480 valence electrons. The zero-order chi connectivity index (χ0) is 65.0. The maximum atomic E-state index is 13.0. The summed E-state index contributed by atoms with van der Waals surface area (Å²) in [4.78, 5) is 45.4. The second kappa shape index (κ2) is 27.2. The second-order valence-electron chi connectivity index (χ2n) is 23.5. The molecule has 25 nitrogen and oxygen atoms in total. The molecule has 3 amide bonds. The van der Waals surface area contributed by atoms with E-state index < -0.39 is 86.0 Å². The van der Waals surface area contributed by atoms with Crippen molar-refractivity contribution in [3.8, 4) is 0 Å². The Morgan fingerprint density at radius 1 is 0.787 bits per heavy atom. The first-order valence-corrected chi connectivity index (χ1v) is 34.8. The van der Waals surface area contributed by atoms with Crippen LogP contribution in [-0.2, 0) is 67.3 Å². The monoisotopic (exact) mass is 1310 g/mol. The van der Waals surface area contributed by atoms with Crippen LogP contribution in [0.2, 0.25) is 0 Å². The van der Waals surface area contributed by atoms with Crippen molar-refractivity contribution in [2.24, 2.45) is 0 Å². The van der Waals surface area contributed by atoms with Gasteiger partial charge in [0.1, 0.15) is 34.7 Å². The van der Waals surface area contributed by atoms with Gasteiger partial charge in [-0.05, 0) is 179 Å². The molecule has 4 aliphatic rings. The number of nitrogens with zero attached hydrogens (tertiary/aromatic N) is 5. The molecule has 1 saturated heterocycles. The SMILES string of the molecule is C[C@@H](NC(=O)c1ccc(NNC(=O)CCCCC[N+]2=C(/C=C/C3=C(Cc4ccc(S(=O)(=O)O)cc4)C(=C/C=C4/N(CCCCS(=O)(=O)O)c5ccc(S(=O)(=O)[O-])cc5C4(C)C)/CCC3)C(C)(C)c3cc(S(=O)(=O)O)ccc32)nc1)C(=O)N1CCC[C@H]1N(O)O. The van der Waals surface area contributed by atoms with Crippen LogP contribution < -0.4 is 21.1 Å². The van der Waals surface area contributed by atoms with Crippen LogP contribution in [0.25, 0.3) is 0 Å². The van der Waals surface area contributed by atoms with Crippen LogP contribution in [-0.4, -0.2) is 143 Å². The molecule has 89 heavy (non-hydrogen) atoms.